The van der Waals surface area contributed by atoms with Crippen LogP contribution in [0.1, 0.15) is 38.1 Å². The fourth-order valence-corrected chi connectivity index (χ4v) is 2.08. The SMILES string of the molecule is CC(C)CN(CC(C)C)C(=O)c1cc(Cl)ncc1N. The van der Waals surface area contributed by atoms with Gasteiger partial charge in [-0.2, -0.15) is 0 Å². The Bertz CT molecular complexity index is 436. The number of nitrogens with zero attached hydrogens (tertiary/aromatic N) is 2. The molecule has 0 atom stereocenters. The van der Waals surface area contributed by atoms with Crippen LogP contribution in [0.25, 0.3) is 0 Å². The zero-order chi connectivity index (χ0) is 14.6. The number of hydrogen-bond donors (Lipinski definition) is 1. The highest BCUT2D eigenvalue weighted by Gasteiger charge is 2.20. The standard InChI is InChI=1S/C14H22ClN3O/c1-9(2)7-18(8-10(3)4)14(19)11-5-13(15)17-6-12(11)16/h5-6,9-10H,7-8,16H2,1-4H3. The summed E-state index contributed by atoms with van der Waals surface area (Å²) in [7, 11) is 0. The summed E-state index contributed by atoms with van der Waals surface area (Å²) in [6.45, 7) is 9.76. The van der Waals surface area contributed by atoms with Crippen LogP contribution in [0.15, 0.2) is 12.3 Å². The van der Waals surface area contributed by atoms with Gasteiger partial charge in [0.15, 0.2) is 0 Å². The van der Waals surface area contributed by atoms with E-state index in [1.165, 1.54) is 12.3 Å². The Morgan fingerprint density at radius 2 is 1.84 bits per heavy atom. The summed E-state index contributed by atoms with van der Waals surface area (Å²) in [5, 5.41) is 0.284. The second-order valence-electron chi connectivity index (χ2n) is 5.59. The van der Waals surface area contributed by atoms with Gasteiger partial charge in [0.1, 0.15) is 5.15 Å². The number of carbonyl (C=O) groups excluding carboxylic acids is 1. The number of carbonyl (C=O) groups is 1. The first-order chi connectivity index (χ1) is 8.81. The molecular formula is C14H22ClN3O. The Morgan fingerprint density at radius 3 is 2.32 bits per heavy atom. The Kier molecular flexibility index (Phi) is 5.60. The minimum Gasteiger partial charge on any atom is -0.397 e. The van der Waals surface area contributed by atoms with E-state index in [2.05, 4.69) is 32.7 Å². The molecule has 0 aliphatic heterocycles. The monoisotopic (exact) mass is 283 g/mol. The molecule has 4 nitrogen and oxygen atoms in total. The quantitative estimate of drug-likeness (QED) is 0.845. The van der Waals surface area contributed by atoms with Gasteiger partial charge in [-0.05, 0) is 17.9 Å². The molecule has 1 aromatic heterocycles. The van der Waals surface area contributed by atoms with Gasteiger partial charge in [-0.1, -0.05) is 39.3 Å². The van der Waals surface area contributed by atoms with Crippen molar-refractivity contribution in [2.75, 3.05) is 18.8 Å². The van der Waals surface area contributed by atoms with Crippen LogP contribution in [0, 0.1) is 11.8 Å². The number of aromatic nitrogens is 1. The van der Waals surface area contributed by atoms with Crippen molar-refractivity contribution < 1.29 is 4.79 Å². The summed E-state index contributed by atoms with van der Waals surface area (Å²) in [5.74, 6) is 0.728. The van der Waals surface area contributed by atoms with Crippen molar-refractivity contribution in [1.29, 1.82) is 0 Å². The van der Waals surface area contributed by atoms with Gasteiger partial charge in [0.05, 0.1) is 17.4 Å². The van der Waals surface area contributed by atoms with Gasteiger partial charge in [-0.3, -0.25) is 4.79 Å². The minimum absolute atomic E-state index is 0.0794. The second-order valence-corrected chi connectivity index (χ2v) is 5.98. The van der Waals surface area contributed by atoms with Crippen LogP contribution in [-0.4, -0.2) is 28.9 Å². The lowest BCUT2D eigenvalue weighted by molar-refractivity contribution is 0.0716. The van der Waals surface area contributed by atoms with Crippen molar-refractivity contribution in [3.05, 3.63) is 23.0 Å². The third kappa shape index (κ3) is 4.71. The van der Waals surface area contributed by atoms with Gasteiger partial charge in [-0.25, -0.2) is 4.98 Å². The molecule has 0 fully saturated rings. The van der Waals surface area contributed by atoms with Gasteiger partial charge in [0, 0.05) is 13.1 Å². The normalized spacial score (nSPS) is 11.1. The van der Waals surface area contributed by atoms with E-state index in [1.807, 2.05) is 4.90 Å². The van der Waals surface area contributed by atoms with E-state index in [0.717, 1.165) is 0 Å². The molecule has 0 saturated carbocycles. The highest BCUT2D eigenvalue weighted by molar-refractivity contribution is 6.29. The predicted octanol–water partition coefficient (Wildman–Crippen LogP) is 3.07. The topological polar surface area (TPSA) is 59.2 Å². The molecule has 19 heavy (non-hydrogen) atoms. The molecule has 5 heteroatoms. The first kappa shape index (κ1) is 15.8. The van der Waals surface area contributed by atoms with E-state index in [4.69, 9.17) is 17.3 Å². The van der Waals surface area contributed by atoms with E-state index in [9.17, 15) is 4.79 Å². The van der Waals surface area contributed by atoms with Crippen LogP contribution < -0.4 is 5.73 Å². The summed E-state index contributed by atoms with van der Waals surface area (Å²) in [6.07, 6.45) is 1.43. The molecule has 0 spiro atoms. The molecule has 0 saturated heterocycles. The minimum atomic E-state index is -0.0794. The first-order valence-electron chi connectivity index (χ1n) is 6.51. The van der Waals surface area contributed by atoms with E-state index in [1.54, 1.807) is 0 Å². The van der Waals surface area contributed by atoms with Gasteiger partial charge in [-0.15, -0.1) is 0 Å². The maximum atomic E-state index is 12.5. The number of rotatable bonds is 5. The van der Waals surface area contributed by atoms with Crippen LogP contribution >= 0.6 is 11.6 Å². The lowest BCUT2D eigenvalue weighted by atomic mass is 10.1. The summed E-state index contributed by atoms with van der Waals surface area (Å²) in [6, 6.07) is 1.53. The van der Waals surface area contributed by atoms with Gasteiger partial charge in [0.2, 0.25) is 0 Å². The molecular weight excluding hydrogens is 262 g/mol. The van der Waals surface area contributed by atoms with Crippen molar-refractivity contribution in [3.8, 4) is 0 Å². The molecule has 2 N–H and O–H groups in total. The lowest BCUT2D eigenvalue weighted by Gasteiger charge is -2.27. The Labute approximate surface area is 120 Å². The third-order valence-corrected chi connectivity index (χ3v) is 2.80. The van der Waals surface area contributed by atoms with Crippen LogP contribution in [-0.2, 0) is 0 Å². The van der Waals surface area contributed by atoms with Crippen molar-refractivity contribution in [1.82, 2.24) is 9.88 Å². The highest BCUT2D eigenvalue weighted by atomic mass is 35.5. The van der Waals surface area contributed by atoms with E-state index < -0.39 is 0 Å². The Morgan fingerprint density at radius 1 is 1.32 bits per heavy atom. The van der Waals surface area contributed by atoms with Crippen molar-refractivity contribution in [2.24, 2.45) is 11.8 Å². The summed E-state index contributed by atoms with van der Waals surface area (Å²) in [4.78, 5) is 18.3. The molecule has 0 bridgehead atoms. The zero-order valence-corrected chi connectivity index (χ0v) is 12.7. The fraction of sp³-hybridized carbons (Fsp3) is 0.571. The summed E-state index contributed by atoms with van der Waals surface area (Å²) >= 11 is 5.84. The third-order valence-electron chi connectivity index (χ3n) is 2.59. The number of nitrogen functional groups attached to an aromatic ring is 1. The van der Waals surface area contributed by atoms with E-state index in [-0.39, 0.29) is 11.1 Å². The smallest absolute Gasteiger partial charge is 0.256 e. The zero-order valence-electron chi connectivity index (χ0n) is 12.0. The molecule has 1 aromatic rings. The fourth-order valence-electron chi connectivity index (χ4n) is 1.92. The molecule has 1 heterocycles. The van der Waals surface area contributed by atoms with Crippen LogP contribution in [0.2, 0.25) is 5.15 Å². The average molecular weight is 284 g/mol. The summed E-state index contributed by atoms with van der Waals surface area (Å²) in [5.41, 5.74) is 6.62. The average Bonchev–Trinajstić information content (AvgIpc) is 2.29. The van der Waals surface area contributed by atoms with Gasteiger partial charge < -0.3 is 10.6 Å². The van der Waals surface area contributed by atoms with E-state index in [0.29, 0.717) is 36.2 Å². The number of pyridine rings is 1. The molecule has 0 aromatic carbocycles. The number of anilines is 1. The highest BCUT2D eigenvalue weighted by Crippen LogP contribution is 2.18. The van der Waals surface area contributed by atoms with Crippen molar-refractivity contribution in [2.45, 2.75) is 27.7 Å². The van der Waals surface area contributed by atoms with E-state index >= 15 is 0 Å². The maximum Gasteiger partial charge on any atom is 0.256 e. The molecule has 1 amide bonds. The summed E-state index contributed by atoms with van der Waals surface area (Å²) < 4.78 is 0. The second kappa shape index (κ2) is 6.75. The van der Waals surface area contributed by atoms with Crippen molar-refractivity contribution in [3.63, 3.8) is 0 Å². The van der Waals surface area contributed by atoms with Gasteiger partial charge >= 0.3 is 0 Å². The molecule has 0 aliphatic rings. The van der Waals surface area contributed by atoms with Gasteiger partial charge in [0.25, 0.3) is 5.91 Å². The van der Waals surface area contributed by atoms with Crippen LogP contribution in [0.5, 0.6) is 0 Å². The predicted molar refractivity (Wildman–Crippen MR) is 79.2 cm³/mol. The number of amides is 1. The largest absolute Gasteiger partial charge is 0.397 e. The van der Waals surface area contributed by atoms with Crippen LogP contribution in [0.3, 0.4) is 0 Å². The lowest BCUT2D eigenvalue weighted by Crippen LogP contribution is -2.37. The number of hydrogen-bond acceptors (Lipinski definition) is 3. The van der Waals surface area contributed by atoms with Crippen LogP contribution in [0.4, 0.5) is 5.69 Å². The number of nitrogens with two attached hydrogens (primary N) is 1. The number of halogens is 1. The first-order valence-corrected chi connectivity index (χ1v) is 6.89. The molecule has 0 radical (unpaired) electrons. The van der Waals surface area contributed by atoms with Crippen molar-refractivity contribution >= 4 is 23.2 Å². The molecule has 106 valence electrons. The molecule has 0 unspecified atom stereocenters. The molecule has 0 aliphatic carbocycles. The maximum absolute atomic E-state index is 12.5. The Balaban J connectivity index is 3.00. The Hall–Kier alpha value is -1.29. The molecule has 1 rings (SSSR count).